The molecule has 1 aliphatic heterocycles. The van der Waals surface area contributed by atoms with Gasteiger partial charge in [0.1, 0.15) is 15.7 Å². The molecule has 2 aliphatic rings. The number of ether oxygens (including phenoxy) is 1. The Labute approximate surface area is 191 Å². The van der Waals surface area contributed by atoms with Crippen molar-refractivity contribution in [3.8, 4) is 0 Å². The van der Waals surface area contributed by atoms with Crippen LogP contribution in [0.15, 0.2) is 34.4 Å². The maximum atomic E-state index is 14.0. The lowest BCUT2D eigenvalue weighted by molar-refractivity contribution is 0.0330. The molecule has 0 saturated carbocycles. The lowest BCUT2D eigenvalue weighted by Gasteiger charge is -2.25. The Kier molecular flexibility index (Phi) is 5.33. The predicted octanol–water partition coefficient (Wildman–Crippen LogP) is 4.91. The third-order valence-corrected chi connectivity index (χ3v) is 8.14. The first-order chi connectivity index (χ1) is 15.7. The van der Waals surface area contributed by atoms with Crippen LogP contribution in [0.2, 0.25) is 0 Å². The Balaban J connectivity index is 1.46. The number of fused-ring (bicyclic) bond motifs is 4. The largest absolute Gasteiger partial charge is 0.379 e. The Hall–Kier alpha value is -2.14. The Morgan fingerprint density at radius 1 is 1.09 bits per heavy atom. The monoisotopic (exact) mass is 473 g/mol. The van der Waals surface area contributed by atoms with Crippen molar-refractivity contribution >= 4 is 44.3 Å². The predicted molar refractivity (Wildman–Crippen MR) is 121 cm³/mol. The fourth-order valence-corrected chi connectivity index (χ4v) is 6.89. The normalized spacial score (nSPS) is 17.1. The molecule has 1 saturated heterocycles. The topological polar surface area (TPSA) is 56.1 Å². The van der Waals surface area contributed by atoms with Gasteiger partial charge in [0, 0.05) is 23.4 Å². The van der Waals surface area contributed by atoms with E-state index in [2.05, 4.69) is 9.88 Å². The second kappa shape index (κ2) is 8.33. The number of benzene rings is 1. The molecule has 32 heavy (non-hydrogen) atoms. The zero-order valence-electron chi connectivity index (χ0n) is 17.3. The summed E-state index contributed by atoms with van der Waals surface area (Å²) in [6, 6.07) is 7.02. The first-order valence-corrected chi connectivity index (χ1v) is 12.3. The molecule has 0 amide bonds. The van der Waals surface area contributed by atoms with Crippen LogP contribution < -0.4 is 0 Å². The van der Waals surface area contributed by atoms with Gasteiger partial charge in [-0.25, -0.2) is 15.0 Å². The van der Waals surface area contributed by atoms with Crippen LogP contribution >= 0.6 is 23.1 Å². The smallest absolute Gasteiger partial charge is 0.321 e. The van der Waals surface area contributed by atoms with E-state index in [1.165, 1.54) is 22.2 Å². The molecule has 1 aromatic carbocycles. The Bertz CT molecular complexity index is 1300. The van der Waals surface area contributed by atoms with E-state index in [1.54, 1.807) is 29.5 Å². The molecule has 0 atom stereocenters. The molecule has 0 spiro atoms. The zero-order chi connectivity index (χ0) is 21.7. The quantitative estimate of drug-likeness (QED) is 0.384. The number of morpholine rings is 1. The molecule has 0 N–H and O–H groups in total. The van der Waals surface area contributed by atoms with Crippen molar-refractivity contribution in [2.24, 2.45) is 0 Å². The van der Waals surface area contributed by atoms with E-state index in [9.17, 15) is 8.78 Å². The van der Waals surface area contributed by atoms with Gasteiger partial charge in [0.25, 0.3) is 0 Å². The summed E-state index contributed by atoms with van der Waals surface area (Å²) in [6.45, 7) is 1.03. The molecule has 4 aromatic rings. The highest BCUT2D eigenvalue weighted by molar-refractivity contribution is 7.99. The number of rotatable bonds is 5. The summed E-state index contributed by atoms with van der Waals surface area (Å²) < 4.78 is 34.5. The van der Waals surface area contributed by atoms with Crippen LogP contribution in [0.25, 0.3) is 21.3 Å². The van der Waals surface area contributed by atoms with Gasteiger partial charge in [0.05, 0.1) is 30.8 Å². The minimum Gasteiger partial charge on any atom is -0.379 e. The highest BCUT2D eigenvalue weighted by atomic mass is 32.2. The van der Waals surface area contributed by atoms with Crippen LogP contribution in [0.3, 0.4) is 0 Å². The van der Waals surface area contributed by atoms with Crippen molar-refractivity contribution < 1.29 is 13.5 Å². The summed E-state index contributed by atoms with van der Waals surface area (Å²) in [5.41, 5.74) is 2.27. The summed E-state index contributed by atoms with van der Waals surface area (Å²) >= 11 is 2.95. The van der Waals surface area contributed by atoms with E-state index < -0.39 is 6.55 Å². The fraction of sp³-hybridized carbons (Fsp3) is 0.409. The number of aryl methyl sites for hydroxylation is 2. The molecule has 10 heteroatoms. The van der Waals surface area contributed by atoms with Crippen molar-refractivity contribution in [3.63, 3.8) is 0 Å². The molecule has 0 bridgehead atoms. The number of hydrogen-bond acceptors (Lipinski definition) is 7. The molecule has 1 fully saturated rings. The maximum Gasteiger partial charge on any atom is 0.321 e. The van der Waals surface area contributed by atoms with E-state index in [0.717, 1.165) is 58.0 Å². The Morgan fingerprint density at radius 3 is 2.78 bits per heavy atom. The molecule has 166 valence electrons. The molecule has 6 rings (SSSR count). The second-order valence-electron chi connectivity index (χ2n) is 8.00. The average Bonchev–Trinajstić information content (AvgIpc) is 3.46. The van der Waals surface area contributed by atoms with Crippen LogP contribution in [0.4, 0.5) is 8.78 Å². The van der Waals surface area contributed by atoms with Gasteiger partial charge in [0.15, 0.2) is 5.16 Å². The van der Waals surface area contributed by atoms with Crippen LogP contribution in [0.5, 0.6) is 0 Å². The number of alkyl halides is 2. The van der Waals surface area contributed by atoms with Crippen LogP contribution in [-0.2, 0) is 24.1 Å². The van der Waals surface area contributed by atoms with Crippen molar-refractivity contribution in [3.05, 3.63) is 40.5 Å². The summed E-state index contributed by atoms with van der Waals surface area (Å²) in [5, 5.41) is 2.01. The minimum absolute atomic E-state index is 0.261. The van der Waals surface area contributed by atoms with Gasteiger partial charge in [-0.2, -0.15) is 8.78 Å². The van der Waals surface area contributed by atoms with Gasteiger partial charge in [0.2, 0.25) is 0 Å². The van der Waals surface area contributed by atoms with Crippen molar-refractivity contribution in [2.45, 2.75) is 42.5 Å². The van der Waals surface area contributed by atoms with Gasteiger partial charge >= 0.3 is 6.55 Å². The highest BCUT2D eigenvalue weighted by Crippen LogP contribution is 2.43. The number of aromatic nitrogens is 4. The first-order valence-electron chi connectivity index (χ1n) is 10.7. The first kappa shape index (κ1) is 20.5. The van der Waals surface area contributed by atoms with Crippen molar-refractivity contribution in [2.75, 3.05) is 26.3 Å². The number of hydrogen-bond donors (Lipinski definition) is 0. The van der Waals surface area contributed by atoms with E-state index in [4.69, 9.17) is 14.7 Å². The van der Waals surface area contributed by atoms with Crippen LogP contribution in [-0.4, -0.2) is 50.7 Å². The maximum absolute atomic E-state index is 14.0. The minimum atomic E-state index is -2.68. The SMILES string of the molecule is FC(F)n1c(Sc2nc(CN3CCOCC3)nc3sc4c(c23)CCC4)nc2ccccc21. The molecule has 0 unspecified atom stereocenters. The van der Waals surface area contributed by atoms with Gasteiger partial charge in [-0.05, 0) is 48.7 Å². The molecular weight excluding hydrogens is 452 g/mol. The van der Waals surface area contributed by atoms with Crippen LogP contribution in [0, 0.1) is 0 Å². The summed E-state index contributed by atoms with van der Waals surface area (Å²) in [4.78, 5) is 18.9. The second-order valence-corrected chi connectivity index (χ2v) is 10.0. The number of thiophene rings is 1. The van der Waals surface area contributed by atoms with Gasteiger partial charge in [-0.1, -0.05) is 12.1 Å². The lowest BCUT2D eigenvalue weighted by Crippen LogP contribution is -2.36. The van der Waals surface area contributed by atoms with Crippen molar-refractivity contribution in [1.29, 1.82) is 0 Å². The molecular formula is C22H21F2N5OS2. The number of halogens is 2. The van der Waals surface area contributed by atoms with Gasteiger partial charge < -0.3 is 4.74 Å². The lowest BCUT2D eigenvalue weighted by atomic mass is 10.2. The summed E-state index contributed by atoms with van der Waals surface area (Å²) in [7, 11) is 0. The van der Waals surface area contributed by atoms with E-state index in [1.807, 2.05) is 6.07 Å². The van der Waals surface area contributed by atoms with Gasteiger partial charge in [-0.15, -0.1) is 11.3 Å². The van der Waals surface area contributed by atoms with E-state index >= 15 is 0 Å². The van der Waals surface area contributed by atoms with E-state index in [-0.39, 0.29) is 5.16 Å². The standard InChI is InChI=1S/C22H21F2N5OS2/c23-21(24)29-15-6-2-1-5-14(15)25-22(29)32-20-18-13-4-3-7-16(13)31-19(18)26-17(27-20)12-28-8-10-30-11-9-28/h1-2,5-6,21H,3-4,7-12H2. The molecule has 1 aliphatic carbocycles. The summed E-state index contributed by atoms with van der Waals surface area (Å²) in [6.07, 6.45) is 3.15. The fourth-order valence-electron chi connectivity index (χ4n) is 4.48. The van der Waals surface area contributed by atoms with Crippen LogP contribution in [0.1, 0.15) is 29.2 Å². The number of para-hydroxylation sites is 2. The molecule has 3 aromatic heterocycles. The zero-order valence-corrected chi connectivity index (χ0v) is 18.9. The number of nitrogens with zero attached hydrogens (tertiary/aromatic N) is 5. The average molecular weight is 474 g/mol. The highest BCUT2D eigenvalue weighted by Gasteiger charge is 2.26. The van der Waals surface area contributed by atoms with Crippen molar-refractivity contribution in [1.82, 2.24) is 24.4 Å². The van der Waals surface area contributed by atoms with E-state index in [0.29, 0.717) is 30.8 Å². The number of imidazole rings is 1. The third kappa shape index (κ3) is 3.59. The summed E-state index contributed by atoms with van der Waals surface area (Å²) in [5.74, 6) is 0.724. The molecule has 0 radical (unpaired) electrons. The Morgan fingerprint density at radius 2 is 1.94 bits per heavy atom. The van der Waals surface area contributed by atoms with Gasteiger partial charge in [-0.3, -0.25) is 9.47 Å². The molecule has 4 heterocycles. The molecule has 6 nitrogen and oxygen atoms in total. The third-order valence-electron chi connectivity index (χ3n) is 5.99.